The molecule has 0 aliphatic rings. The summed E-state index contributed by atoms with van der Waals surface area (Å²) in [5.74, 6) is 0.604. The predicted molar refractivity (Wildman–Crippen MR) is 89.0 cm³/mol. The first-order valence-electron chi connectivity index (χ1n) is 7.56. The highest BCUT2D eigenvalue weighted by Crippen LogP contribution is 2.18. The number of benzene rings is 2. The van der Waals surface area contributed by atoms with Gasteiger partial charge in [0.1, 0.15) is 5.75 Å². The van der Waals surface area contributed by atoms with Crippen LogP contribution >= 0.6 is 0 Å². The number of aryl methyl sites for hydroxylation is 2. The zero-order valence-corrected chi connectivity index (χ0v) is 13.6. The van der Waals surface area contributed by atoms with Gasteiger partial charge in [0, 0.05) is 0 Å². The summed E-state index contributed by atoms with van der Waals surface area (Å²) in [4.78, 5) is 12.2. The van der Waals surface area contributed by atoms with Crippen molar-refractivity contribution in [2.24, 2.45) is 0 Å². The number of hydrogen-bond donors (Lipinski definition) is 1. The summed E-state index contributed by atoms with van der Waals surface area (Å²) in [6, 6.07) is 15.7. The van der Waals surface area contributed by atoms with Gasteiger partial charge in [-0.3, -0.25) is 4.79 Å². The molecule has 1 N–H and O–H groups in total. The van der Waals surface area contributed by atoms with Crippen LogP contribution in [0.2, 0.25) is 0 Å². The third-order valence-corrected chi connectivity index (χ3v) is 3.82. The molecule has 0 bridgehead atoms. The lowest BCUT2D eigenvalue weighted by atomic mass is 10.1. The normalized spacial score (nSPS) is 13.3. The van der Waals surface area contributed by atoms with E-state index in [1.165, 1.54) is 5.56 Å². The van der Waals surface area contributed by atoms with E-state index in [0.717, 1.165) is 16.9 Å². The van der Waals surface area contributed by atoms with Crippen molar-refractivity contribution in [1.29, 1.82) is 0 Å². The average Bonchev–Trinajstić information content (AvgIpc) is 2.51. The van der Waals surface area contributed by atoms with Gasteiger partial charge >= 0.3 is 0 Å². The third-order valence-electron chi connectivity index (χ3n) is 3.82. The Bertz CT molecular complexity index is 637. The van der Waals surface area contributed by atoms with E-state index in [1.807, 2.05) is 62.4 Å². The first kappa shape index (κ1) is 16.1. The Balaban J connectivity index is 1.95. The van der Waals surface area contributed by atoms with E-state index in [0.29, 0.717) is 0 Å². The van der Waals surface area contributed by atoms with Crippen LogP contribution in [0.4, 0.5) is 0 Å². The topological polar surface area (TPSA) is 38.3 Å². The molecule has 1 amide bonds. The standard InChI is InChI=1S/C19H23NO2/c1-13-10-11-18(12-14(13)2)22-16(4)19(21)20-15(3)17-8-6-5-7-9-17/h5-12,15-16H,1-4H3,(H,20,21). The molecule has 2 unspecified atom stereocenters. The highest BCUT2D eigenvalue weighted by Gasteiger charge is 2.17. The molecule has 0 aromatic heterocycles. The van der Waals surface area contributed by atoms with E-state index in [4.69, 9.17) is 4.74 Å². The van der Waals surface area contributed by atoms with Gasteiger partial charge in [0.2, 0.25) is 0 Å². The molecule has 0 fully saturated rings. The molecule has 2 atom stereocenters. The summed E-state index contributed by atoms with van der Waals surface area (Å²) in [6.07, 6.45) is -0.534. The fourth-order valence-corrected chi connectivity index (χ4v) is 2.20. The van der Waals surface area contributed by atoms with Gasteiger partial charge < -0.3 is 10.1 Å². The molecular weight excluding hydrogens is 274 g/mol. The van der Waals surface area contributed by atoms with Crippen LogP contribution in [-0.2, 0) is 4.79 Å². The van der Waals surface area contributed by atoms with Crippen molar-refractivity contribution in [2.75, 3.05) is 0 Å². The lowest BCUT2D eigenvalue weighted by Crippen LogP contribution is -2.37. The minimum absolute atomic E-state index is 0.0421. The van der Waals surface area contributed by atoms with E-state index in [-0.39, 0.29) is 11.9 Å². The number of amides is 1. The largest absolute Gasteiger partial charge is 0.481 e. The monoisotopic (exact) mass is 297 g/mol. The maximum atomic E-state index is 12.2. The summed E-state index contributed by atoms with van der Waals surface area (Å²) in [5, 5.41) is 2.98. The third kappa shape index (κ3) is 4.10. The molecule has 2 aromatic rings. The van der Waals surface area contributed by atoms with Crippen LogP contribution in [-0.4, -0.2) is 12.0 Å². The zero-order chi connectivity index (χ0) is 16.1. The Labute approximate surface area is 132 Å². The molecule has 0 aliphatic heterocycles. The van der Waals surface area contributed by atoms with Gasteiger partial charge in [-0.2, -0.15) is 0 Å². The van der Waals surface area contributed by atoms with E-state index in [1.54, 1.807) is 6.92 Å². The molecule has 0 heterocycles. The molecule has 0 radical (unpaired) electrons. The Morgan fingerprint density at radius 2 is 1.68 bits per heavy atom. The van der Waals surface area contributed by atoms with Crippen molar-refractivity contribution in [3.63, 3.8) is 0 Å². The van der Waals surface area contributed by atoms with E-state index >= 15 is 0 Å². The van der Waals surface area contributed by atoms with E-state index < -0.39 is 6.10 Å². The average molecular weight is 297 g/mol. The van der Waals surface area contributed by atoms with Crippen LogP contribution in [0.3, 0.4) is 0 Å². The van der Waals surface area contributed by atoms with Crippen molar-refractivity contribution in [2.45, 2.75) is 39.8 Å². The molecule has 3 heteroatoms. The Hall–Kier alpha value is -2.29. The van der Waals surface area contributed by atoms with Crippen molar-refractivity contribution in [3.05, 3.63) is 65.2 Å². The summed E-state index contributed by atoms with van der Waals surface area (Å²) in [5.41, 5.74) is 3.44. The molecule has 3 nitrogen and oxygen atoms in total. The number of ether oxygens (including phenoxy) is 1. The molecule has 2 rings (SSSR count). The molecular formula is C19H23NO2. The SMILES string of the molecule is Cc1ccc(OC(C)C(=O)NC(C)c2ccccc2)cc1C. The van der Waals surface area contributed by atoms with Gasteiger partial charge in [-0.1, -0.05) is 36.4 Å². The Morgan fingerprint density at radius 3 is 2.32 bits per heavy atom. The van der Waals surface area contributed by atoms with Crippen LogP contribution < -0.4 is 10.1 Å². The summed E-state index contributed by atoms with van der Waals surface area (Å²) >= 11 is 0. The highest BCUT2D eigenvalue weighted by atomic mass is 16.5. The van der Waals surface area contributed by atoms with Crippen LogP contribution in [0.1, 0.15) is 36.6 Å². The molecule has 0 saturated heterocycles. The summed E-state index contributed by atoms with van der Waals surface area (Å²) in [6.45, 7) is 7.82. The first-order valence-corrected chi connectivity index (χ1v) is 7.56. The second kappa shape index (κ2) is 7.12. The molecule has 0 saturated carbocycles. The number of hydrogen-bond acceptors (Lipinski definition) is 2. The van der Waals surface area contributed by atoms with Crippen LogP contribution in [0.25, 0.3) is 0 Å². The van der Waals surface area contributed by atoms with Gasteiger partial charge in [0.25, 0.3) is 5.91 Å². The minimum atomic E-state index is -0.534. The van der Waals surface area contributed by atoms with Crippen LogP contribution in [0.15, 0.2) is 48.5 Å². The Morgan fingerprint density at radius 1 is 1.00 bits per heavy atom. The lowest BCUT2D eigenvalue weighted by Gasteiger charge is -2.19. The summed E-state index contributed by atoms with van der Waals surface area (Å²) in [7, 11) is 0. The maximum absolute atomic E-state index is 12.2. The van der Waals surface area contributed by atoms with Gasteiger partial charge in [-0.25, -0.2) is 0 Å². The van der Waals surface area contributed by atoms with Crippen molar-refractivity contribution < 1.29 is 9.53 Å². The van der Waals surface area contributed by atoms with Gasteiger partial charge in [0.15, 0.2) is 6.10 Å². The van der Waals surface area contributed by atoms with Crippen LogP contribution in [0.5, 0.6) is 5.75 Å². The number of rotatable bonds is 5. The van der Waals surface area contributed by atoms with E-state index in [9.17, 15) is 4.79 Å². The molecule has 0 aliphatic carbocycles. The molecule has 0 spiro atoms. The zero-order valence-electron chi connectivity index (χ0n) is 13.6. The molecule has 2 aromatic carbocycles. The number of carbonyl (C=O) groups is 1. The van der Waals surface area contributed by atoms with E-state index in [2.05, 4.69) is 12.2 Å². The van der Waals surface area contributed by atoms with Gasteiger partial charge in [-0.15, -0.1) is 0 Å². The predicted octanol–water partition coefficient (Wildman–Crippen LogP) is 3.95. The smallest absolute Gasteiger partial charge is 0.261 e. The second-order valence-electron chi connectivity index (χ2n) is 5.65. The fourth-order valence-electron chi connectivity index (χ4n) is 2.20. The van der Waals surface area contributed by atoms with Crippen molar-refractivity contribution in [1.82, 2.24) is 5.32 Å². The van der Waals surface area contributed by atoms with Gasteiger partial charge in [0.05, 0.1) is 6.04 Å². The Kier molecular flexibility index (Phi) is 5.21. The lowest BCUT2D eigenvalue weighted by molar-refractivity contribution is -0.127. The second-order valence-corrected chi connectivity index (χ2v) is 5.65. The highest BCUT2D eigenvalue weighted by molar-refractivity contribution is 5.81. The quantitative estimate of drug-likeness (QED) is 0.907. The molecule has 22 heavy (non-hydrogen) atoms. The number of carbonyl (C=O) groups excluding carboxylic acids is 1. The van der Waals surface area contributed by atoms with Crippen molar-refractivity contribution in [3.8, 4) is 5.75 Å². The maximum Gasteiger partial charge on any atom is 0.261 e. The van der Waals surface area contributed by atoms with Crippen molar-refractivity contribution >= 4 is 5.91 Å². The first-order chi connectivity index (χ1) is 10.5. The fraction of sp³-hybridized carbons (Fsp3) is 0.316. The number of nitrogens with one attached hydrogen (secondary N) is 1. The van der Waals surface area contributed by atoms with Gasteiger partial charge in [-0.05, 0) is 56.5 Å². The summed E-state index contributed by atoms with van der Waals surface area (Å²) < 4.78 is 5.74. The minimum Gasteiger partial charge on any atom is -0.481 e. The van der Waals surface area contributed by atoms with Crippen LogP contribution in [0, 0.1) is 13.8 Å². The molecule has 116 valence electrons.